The summed E-state index contributed by atoms with van der Waals surface area (Å²) >= 11 is 7.60. The van der Waals surface area contributed by atoms with Crippen molar-refractivity contribution in [3.05, 3.63) is 69.8 Å². The molecule has 2 aromatic heterocycles. The molecule has 2 heterocycles. The number of halogens is 1. The van der Waals surface area contributed by atoms with Gasteiger partial charge in [0.05, 0.1) is 21.7 Å². The average molecular weight is 411 g/mol. The van der Waals surface area contributed by atoms with Gasteiger partial charge in [-0.1, -0.05) is 41.9 Å². The molecule has 0 atom stereocenters. The van der Waals surface area contributed by atoms with Gasteiger partial charge in [-0.15, -0.1) is 11.3 Å². The minimum atomic E-state index is 0.0123. The number of nitrogens with zero attached hydrogens (tertiary/aromatic N) is 2. The number of aryl methyl sites for hydroxylation is 1. The lowest BCUT2D eigenvalue weighted by atomic mass is 10.2. The van der Waals surface area contributed by atoms with E-state index in [4.69, 9.17) is 11.6 Å². The highest BCUT2D eigenvalue weighted by atomic mass is 35.5. The number of H-pyrrole nitrogens is 1. The molecular weight excluding hydrogens is 392 g/mol. The van der Waals surface area contributed by atoms with E-state index in [0.29, 0.717) is 24.4 Å². The van der Waals surface area contributed by atoms with E-state index in [1.54, 1.807) is 11.3 Å². The number of imidazole rings is 1. The number of hydrogen-bond acceptors (Lipinski definition) is 4. The van der Waals surface area contributed by atoms with Crippen LogP contribution in [-0.2, 0) is 17.6 Å². The summed E-state index contributed by atoms with van der Waals surface area (Å²) < 4.78 is 0. The number of aromatic amines is 1. The molecule has 4 aromatic rings. The van der Waals surface area contributed by atoms with E-state index < -0.39 is 0 Å². The maximum atomic E-state index is 12.1. The number of rotatable bonds is 7. The van der Waals surface area contributed by atoms with Gasteiger partial charge in [0.25, 0.3) is 0 Å². The van der Waals surface area contributed by atoms with E-state index in [2.05, 4.69) is 25.6 Å². The molecule has 0 bridgehead atoms. The summed E-state index contributed by atoms with van der Waals surface area (Å²) in [6.07, 6.45) is 1.68. The summed E-state index contributed by atoms with van der Waals surface area (Å²) in [6.45, 7) is 0.580. The average Bonchev–Trinajstić information content (AvgIpc) is 3.33. The third-order valence-corrected chi connectivity index (χ3v) is 5.51. The smallest absolute Gasteiger partial charge is 0.220 e. The Bertz CT molecular complexity index is 1090. The molecule has 0 saturated carbocycles. The zero-order valence-electron chi connectivity index (χ0n) is 15.1. The summed E-state index contributed by atoms with van der Waals surface area (Å²) in [5, 5.41) is 6.70. The van der Waals surface area contributed by atoms with Crippen LogP contribution in [0, 0.1) is 0 Å². The Morgan fingerprint density at radius 3 is 2.82 bits per heavy atom. The van der Waals surface area contributed by atoms with Crippen molar-refractivity contribution in [3.63, 3.8) is 0 Å². The van der Waals surface area contributed by atoms with E-state index in [9.17, 15) is 4.79 Å². The molecule has 28 heavy (non-hydrogen) atoms. The number of thiazole rings is 1. The van der Waals surface area contributed by atoms with E-state index >= 15 is 0 Å². The maximum absolute atomic E-state index is 12.1. The van der Waals surface area contributed by atoms with Crippen molar-refractivity contribution in [1.82, 2.24) is 20.3 Å². The van der Waals surface area contributed by atoms with Gasteiger partial charge in [0, 0.05) is 41.8 Å². The third-order valence-electron chi connectivity index (χ3n) is 4.36. The fourth-order valence-corrected chi connectivity index (χ4v) is 3.93. The van der Waals surface area contributed by atoms with Crippen molar-refractivity contribution < 1.29 is 4.79 Å². The summed E-state index contributed by atoms with van der Waals surface area (Å²) in [5.41, 5.74) is 3.84. The highest BCUT2D eigenvalue weighted by Gasteiger charge is 2.08. The number of aromatic nitrogens is 3. The second-order valence-corrected chi connectivity index (χ2v) is 7.82. The fourth-order valence-electron chi connectivity index (χ4n) is 2.95. The lowest BCUT2D eigenvalue weighted by Crippen LogP contribution is -2.25. The van der Waals surface area contributed by atoms with E-state index in [1.165, 1.54) is 0 Å². The minimum Gasteiger partial charge on any atom is -0.356 e. The van der Waals surface area contributed by atoms with Crippen molar-refractivity contribution in [3.8, 4) is 11.3 Å². The predicted molar refractivity (Wildman–Crippen MR) is 114 cm³/mol. The van der Waals surface area contributed by atoms with Crippen LogP contribution < -0.4 is 5.32 Å². The van der Waals surface area contributed by atoms with Crippen LogP contribution in [0.1, 0.15) is 17.3 Å². The van der Waals surface area contributed by atoms with Crippen LogP contribution in [0.15, 0.2) is 53.9 Å². The number of carbonyl (C=O) groups is 1. The fraction of sp³-hybridized carbons (Fsp3) is 0.190. The van der Waals surface area contributed by atoms with Gasteiger partial charge in [0.2, 0.25) is 5.91 Å². The molecule has 0 aliphatic carbocycles. The van der Waals surface area contributed by atoms with Crippen LogP contribution in [-0.4, -0.2) is 27.4 Å². The van der Waals surface area contributed by atoms with Crippen LogP contribution in [0.2, 0.25) is 5.02 Å². The quantitative estimate of drug-likeness (QED) is 0.466. The Labute approximate surface area is 171 Å². The first-order chi connectivity index (χ1) is 13.7. The Morgan fingerprint density at radius 1 is 1.11 bits per heavy atom. The highest BCUT2D eigenvalue weighted by Crippen LogP contribution is 2.21. The first kappa shape index (κ1) is 18.7. The second-order valence-electron chi connectivity index (χ2n) is 6.44. The number of nitrogens with one attached hydrogen (secondary N) is 2. The molecule has 5 nitrogen and oxygen atoms in total. The van der Waals surface area contributed by atoms with E-state index in [0.717, 1.165) is 39.5 Å². The van der Waals surface area contributed by atoms with Crippen LogP contribution in [0.25, 0.3) is 22.3 Å². The molecule has 0 saturated heterocycles. The monoisotopic (exact) mass is 410 g/mol. The first-order valence-corrected chi connectivity index (χ1v) is 10.3. The second kappa shape index (κ2) is 8.54. The van der Waals surface area contributed by atoms with Gasteiger partial charge in [0.1, 0.15) is 5.82 Å². The molecule has 2 aromatic carbocycles. The topological polar surface area (TPSA) is 70.7 Å². The van der Waals surface area contributed by atoms with E-state index in [1.807, 2.05) is 48.5 Å². The Morgan fingerprint density at radius 2 is 1.96 bits per heavy atom. The molecule has 1 amide bonds. The predicted octanol–water partition coefficient (Wildman–Crippen LogP) is 4.63. The Hall–Kier alpha value is -2.70. The molecule has 0 aliphatic heterocycles. The zero-order chi connectivity index (χ0) is 19.3. The summed E-state index contributed by atoms with van der Waals surface area (Å²) in [4.78, 5) is 24.4. The summed E-state index contributed by atoms with van der Waals surface area (Å²) in [7, 11) is 0. The van der Waals surface area contributed by atoms with Gasteiger partial charge in [-0.3, -0.25) is 4.79 Å². The standard InChI is InChI=1S/C21H19ClN4OS/c22-15-6-7-16-17(12-15)25-19(24-16)8-9-20(27)23-11-10-21-26-18(13-28-21)14-4-2-1-3-5-14/h1-7,12-13H,8-11H2,(H,23,27)(H,24,25). The SMILES string of the molecule is O=C(CCc1nc2ccc(Cl)cc2[nH]1)NCCc1nc(-c2ccccc2)cs1. The summed E-state index contributed by atoms with van der Waals surface area (Å²) in [5.74, 6) is 0.804. The molecule has 0 radical (unpaired) electrons. The lowest BCUT2D eigenvalue weighted by Gasteiger charge is -2.03. The van der Waals surface area contributed by atoms with Crippen molar-refractivity contribution in [2.24, 2.45) is 0 Å². The molecule has 0 aliphatic rings. The Balaban J connectivity index is 1.24. The van der Waals surface area contributed by atoms with Crippen molar-refractivity contribution in [2.75, 3.05) is 6.54 Å². The molecule has 7 heteroatoms. The van der Waals surface area contributed by atoms with E-state index in [-0.39, 0.29) is 5.91 Å². The largest absolute Gasteiger partial charge is 0.356 e. The van der Waals surface area contributed by atoms with Crippen molar-refractivity contribution in [2.45, 2.75) is 19.3 Å². The third kappa shape index (κ3) is 4.58. The zero-order valence-corrected chi connectivity index (χ0v) is 16.7. The lowest BCUT2D eigenvalue weighted by molar-refractivity contribution is -0.121. The highest BCUT2D eigenvalue weighted by molar-refractivity contribution is 7.09. The molecule has 0 unspecified atom stereocenters. The van der Waals surface area contributed by atoms with Crippen LogP contribution in [0.4, 0.5) is 0 Å². The molecule has 0 spiro atoms. The van der Waals surface area contributed by atoms with Gasteiger partial charge in [0.15, 0.2) is 0 Å². The molecule has 4 rings (SSSR count). The van der Waals surface area contributed by atoms with Crippen LogP contribution in [0.3, 0.4) is 0 Å². The Kier molecular flexibility index (Phi) is 5.69. The van der Waals surface area contributed by atoms with Gasteiger partial charge in [-0.05, 0) is 18.2 Å². The van der Waals surface area contributed by atoms with Crippen molar-refractivity contribution >= 4 is 39.9 Å². The number of hydrogen-bond donors (Lipinski definition) is 2. The molecule has 142 valence electrons. The molecule has 0 fully saturated rings. The van der Waals surface area contributed by atoms with Crippen LogP contribution in [0.5, 0.6) is 0 Å². The van der Waals surface area contributed by atoms with Gasteiger partial charge >= 0.3 is 0 Å². The summed E-state index contributed by atoms with van der Waals surface area (Å²) in [6, 6.07) is 15.6. The maximum Gasteiger partial charge on any atom is 0.220 e. The van der Waals surface area contributed by atoms with Crippen molar-refractivity contribution in [1.29, 1.82) is 0 Å². The normalized spacial score (nSPS) is 11.0. The van der Waals surface area contributed by atoms with Crippen LogP contribution >= 0.6 is 22.9 Å². The van der Waals surface area contributed by atoms with Gasteiger partial charge in [-0.25, -0.2) is 9.97 Å². The molecule has 2 N–H and O–H groups in total. The number of carbonyl (C=O) groups excluding carboxylic acids is 1. The number of amides is 1. The number of fused-ring (bicyclic) bond motifs is 1. The molecular formula is C21H19ClN4OS. The van der Waals surface area contributed by atoms with Gasteiger partial charge < -0.3 is 10.3 Å². The van der Waals surface area contributed by atoms with Gasteiger partial charge in [-0.2, -0.15) is 0 Å². The number of benzene rings is 2. The first-order valence-electron chi connectivity index (χ1n) is 9.08. The minimum absolute atomic E-state index is 0.0123.